The van der Waals surface area contributed by atoms with E-state index in [1.165, 1.54) is 5.56 Å². The van der Waals surface area contributed by atoms with Crippen LogP contribution >= 0.6 is 0 Å². The Hall–Kier alpha value is -1.59. The molecule has 0 aromatic carbocycles. The molecule has 0 spiro atoms. The Morgan fingerprint density at radius 1 is 1.40 bits per heavy atom. The summed E-state index contributed by atoms with van der Waals surface area (Å²) < 4.78 is 5.93. The Morgan fingerprint density at radius 3 is 2.88 bits per heavy atom. The van der Waals surface area contributed by atoms with Crippen LogP contribution in [0.3, 0.4) is 0 Å². The number of aromatic nitrogens is 1. The first-order valence-corrected chi connectivity index (χ1v) is 9.42. The molecule has 1 fully saturated rings. The van der Waals surface area contributed by atoms with Crippen molar-refractivity contribution < 1.29 is 9.53 Å². The molecule has 0 radical (unpaired) electrons. The molecule has 5 heteroatoms. The van der Waals surface area contributed by atoms with Crippen molar-refractivity contribution in [2.24, 2.45) is 5.92 Å². The number of hydrogen-bond acceptors (Lipinski definition) is 3. The molecule has 25 heavy (non-hydrogen) atoms. The molecule has 138 valence electrons. The molecule has 1 saturated heterocycles. The number of morpholine rings is 1. The lowest BCUT2D eigenvalue weighted by molar-refractivity contribution is -0.139. The van der Waals surface area contributed by atoms with Gasteiger partial charge in [-0.15, -0.1) is 0 Å². The smallest absolute Gasteiger partial charge is 0.226 e. The summed E-state index contributed by atoms with van der Waals surface area (Å²) in [6.07, 6.45) is 7.28. The van der Waals surface area contributed by atoms with Gasteiger partial charge in [0.05, 0.1) is 12.7 Å². The second-order valence-corrected chi connectivity index (χ2v) is 7.56. The Bertz CT molecular complexity index is 622. The average Bonchev–Trinajstić information content (AvgIpc) is 2.92. The minimum atomic E-state index is 0.0992. The predicted molar refractivity (Wildman–Crippen MR) is 99.4 cm³/mol. The van der Waals surface area contributed by atoms with Gasteiger partial charge >= 0.3 is 0 Å². The van der Waals surface area contributed by atoms with Crippen LogP contribution in [0.1, 0.15) is 36.2 Å². The average molecular weight is 345 g/mol. The van der Waals surface area contributed by atoms with E-state index < -0.39 is 0 Å². The van der Waals surface area contributed by atoms with Crippen LogP contribution in [0.5, 0.6) is 0 Å². The molecular weight excluding hydrogens is 314 g/mol. The number of hydrogen-bond donors (Lipinski definition) is 1. The van der Waals surface area contributed by atoms with E-state index in [1.807, 2.05) is 4.90 Å². The Morgan fingerprint density at radius 2 is 2.24 bits per heavy atom. The SMILES string of the molecule is Cc1cc(CN(C[C@H]2CN(C)CCO2)C(=O)[C@H]2CC=CCC2)c(C)[nH]1. The molecule has 2 atom stereocenters. The Balaban J connectivity index is 1.73. The largest absolute Gasteiger partial charge is 0.374 e. The van der Waals surface area contributed by atoms with Crippen molar-refractivity contribution in [1.82, 2.24) is 14.8 Å². The van der Waals surface area contributed by atoms with Gasteiger partial charge in [0.2, 0.25) is 5.91 Å². The number of aryl methyl sites for hydroxylation is 2. The maximum atomic E-state index is 13.2. The first-order chi connectivity index (χ1) is 12.0. The van der Waals surface area contributed by atoms with Gasteiger partial charge in [0.25, 0.3) is 0 Å². The summed E-state index contributed by atoms with van der Waals surface area (Å²) in [5.74, 6) is 0.395. The molecule has 1 aromatic rings. The van der Waals surface area contributed by atoms with E-state index >= 15 is 0 Å². The zero-order valence-electron chi connectivity index (χ0n) is 15.8. The van der Waals surface area contributed by atoms with Crippen molar-refractivity contribution in [3.63, 3.8) is 0 Å². The van der Waals surface area contributed by atoms with Crippen LogP contribution < -0.4 is 0 Å². The molecule has 1 aliphatic carbocycles. The number of ether oxygens (including phenoxy) is 1. The number of carbonyl (C=O) groups is 1. The fourth-order valence-corrected chi connectivity index (χ4v) is 3.88. The Kier molecular flexibility index (Phi) is 5.97. The maximum Gasteiger partial charge on any atom is 0.226 e. The third-order valence-electron chi connectivity index (χ3n) is 5.31. The molecule has 1 amide bonds. The number of allylic oxidation sites excluding steroid dienone is 2. The summed E-state index contributed by atoms with van der Waals surface area (Å²) in [4.78, 5) is 20.9. The van der Waals surface area contributed by atoms with Crippen LogP contribution in [0, 0.1) is 19.8 Å². The summed E-state index contributed by atoms with van der Waals surface area (Å²) in [5, 5.41) is 0. The number of rotatable bonds is 5. The summed E-state index contributed by atoms with van der Waals surface area (Å²) in [7, 11) is 2.12. The van der Waals surface area contributed by atoms with Crippen LogP contribution in [0.15, 0.2) is 18.2 Å². The lowest BCUT2D eigenvalue weighted by Crippen LogP contribution is -2.48. The maximum absolute atomic E-state index is 13.2. The van der Waals surface area contributed by atoms with Gasteiger partial charge in [-0.2, -0.15) is 0 Å². The van der Waals surface area contributed by atoms with Crippen molar-refractivity contribution in [1.29, 1.82) is 0 Å². The number of H-pyrrole nitrogens is 1. The van der Waals surface area contributed by atoms with Gasteiger partial charge in [-0.25, -0.2) is 0 Å². The van der Waals surface area contributed by atoms with Crippen molar-refractivity contribution in [3.8, 4) is 0 Å². The van der Waals surface area contributed by atoms with Gasteiger partial charge in [0, 0.05) is 43.5 Å². The monoisotopic (exact) mass is 345 g/mol. The molecule has 0 bridgehead atoms. The van der Waals surface area contributed by atoms with Crippen LogP contribution in [0.25, 0.3) is 0 Å². The molecular formula is C20H31N3O2. The van der Waals surface area contributed by atoms with Gasteiger partial charge < -0.3 is 19.5 Å². The van der Waals surface area contributed by atoms with E-state index in [4.69, 9.17) is 4.74 Å². The highest BCUT2D eigenvalue weighted by molar-refractivity contribution is 5.79. The second kappa shape index (κ2) is 8.19. The van der Waals surface area contributed by atoms with E-state index in [2.05, 4.69) is 49.0 Å². The van der Waals surface area contributed by atoms with Crippen LogP contribution in [0.4, 0.5) is 0 Å². The van der Waals surface area contributed by atoms with Gasteiger partial charge in [-0.05, 0) is 51.8 Å². The van der Waals surface area contributed by atoms with Crippen molar-refractivity contribution in [2.75, 3.05) is 33.3 Å². The van der Waals surface area contributed by atoms with E-state index in [1.54, 1.807) is 0 Å². The van der Waals surface area contributed by atoms with Gasteiger partial charge in [0.15, 0.2) is 0 Å². The lowest BCUT2D eigenvalue weighted by atomic mass is 9.92. The van der Waals surface area contributed by atoms with Gasteiger partial charge in [0.1, 0.15) is 0 Å². The van der Waals surface area contributed by atoms with Crippen LogP contribution in [-0.2, 0) is 16.1 Å². The van der Waals surface area contributed by atoms with Gasteiger partial charge in [-0.3, -0.25) is 4.79 Å². The lowest BCUT2D eigenvalue weighted by Gasteiger charge is -2.35. The standard InChI is InChI=1S/C20H31N3O2/c1-15-11-18(16(2)21-15)12-23(14-19-13-22(3)9-10-25-19)20(24)17-7-5-4-6-8-17/h4-5,11,17,19,21H,6-10,12-14H2,1-3H3/t17-,19+/m0/s1. The molecule has 0 saturated carbocycles. The predicted octanol–water partition coefficient (Wildman–Crippen LogP) is 2.65. The molecule has 0 unspecified atom stereocenters. The van der Waals surface area contributed by atoms with Gasteiger partial charge in [-0.1, -0.05) is 12.2 Å². The van der Waals surface area contributed by atoms with E-state index in [9.17, 15) is 4.79 Å². The molecule has 2 aliphatic rings. The Labute approximate surface area is 151 Å². The topological polar surface area (TPSA) is 48.6 Å². The molecule has 2 heterocycles. The summed E-state index contributed by atoms with van der Waals surface area (Å²) >= 11 is 0. The van der Waals surface area contributed by atoms with Crippen molar-refractivity contribution in [2.45, 2.75) is 45.8 Å². The van der Waals surface area contributed by atoms with Crippen molar-refractivity contribution in [3.05, 3.63) is 35.2 Å². The number of carbonyl (C=O) groups excluding carboxylic acids is 1. The number of aromatic amines is 1. The fourth-order valence-electron chi connectivity index (χ4n) is 3.88. The minimum absolute atomic E-state index is 0.0992. The van der Waals surface area contributed by atoms with E-state index in [-0.39, 0.29) is 17.9 Å². The fraction of sp³-hybridized carbons (Fsp3) is 0.650. The van der Waals surface area contributed by atoms with E-state index in [0.29, 0.717) is 13.1 Å². The normalized spacial score (nSPS) is 24.4. The number of likely N-dealkylation sites (N-methyl/N-ethyl adjacent to an activating group) is 1. The number of amides is 1. The highest BCUT2D eigenvalue weighted by atomic mass is 16.5. The summed E-state index contributed by atoms with van der Waals surface area (Å²) in [5.41, 5.74) is 3.51. The first-order valence-electron chi connectivity index (χ1n) is 9.42. The molecule has 5 nitrogen and oxygen atoms in total. The molecule has 1 N–H and O–H groups in total. The zero-order valence-corrected chi connectivity index (χ0v) is 15.8. The quantitative estimate of drug-likeness (QED) is 0.835. The third-order valence-corrected chi connectivity index (χ3v) is 5.31. The third kappa shape index (κ3) is 4.73. The van der Waals surface area contributed by atoms with Crippen molar-refractivity contribution >= 4 is 5.91 Å². The molecule has 1 aromatic heterocycles. The minimum Gasteiger partial charge on any atom is -0.374 e. The summed E-state index contributed by atoms with van der Waals surface area (Å²) in [6.45, 7) is 8.09. The van der Waals surface area contributed by atoms with Crippen LogP contribution in [-0.4, -0.2) is 60.1 Å². The molecule has 1 aliphatic heterocycles. The highest BCUT2D eigenvalue weighted by Crippen LogP contribution is 2.23. The number of nitrogens with zero attached hydrogens (tertiary/aromatic N) is 2. The zero-order chi connectivity index (χ0) is 17.8. The number of nitrogens with one attached hydrogen (secondary N) is 1. The van der Waals surface area contributed by atoms with E-state index in [0.717, 1.165) is 50.3 Å². The van der Waals surface area contributed by atoms with Crippen LogP contribution in [0.2, 0.25) is 0 Å². The molecule has 3 rings (SSSR count). The highest BCUT2D eigenvalue weighted by Gasteiger charge is 2.29. The first kappa shape index (κ1) is 18.2. The summed E-state index contributed by atoms with van der Waals surface area (Å²) in [6, 6.07) is 2.16. The second-order valence-electron chi connectivity index (χ2n) is 7.56.